The number of nitriles is 1. The number of amides is 1. The van der Waals surface area contributed by atoms with Crippen molar-refractivity contribution in [1.29, 1.82) is 5.26 Å². The molecule has 1 aromatic carbocycles. The average Bonchev–Trinajstić information content (AvgIpc) is 2.76. The van der Waals surface area contributed by atoms with Crippen LogP contribution in [0.15, 0.2) is 30.3 Å². The van der Waals surface area contributed by atoms with Crippen LogP contribution in [0.1, 0.15) is 64.5 Å². The number of hydrogen-bond acceptors (Lipinski definition) is 6. The van der Waals surface area contributed by atoms with E-state index in [1.807, 2.05) is 51.1 Å². The van der Waals surface area contributed by atoms with Gasteiger partial charge in [0, 0.05) is 11.7 Å². The van der Waals surface area contributed by atoms with E-state index < -0.39 is 17.5 Å². The molecule has 3 N–H and O–H groups in total. The highest BCUT2D eigenvalue weighted by Crippen LogP contribution is 2.27. The summed E-state index contributed by atoms with van der Waals surface area (Å²) in [6.45, 7) is 7.49. The Kier molecular flexibility index (Phi) is 7.75. The Morgan fingerprint density at radius 2 is 1.94 bits per heavy atom. The second-order valence-corrected chi connectivity index (χ2v) is 9.29. The Bertz CT molecular complexity index is 1030. The van der Waals surface area contributed by atoms with Crippen LogP contribution in [0.5, 0.6) is 0 Å². The molecule has 3 rings (SSSR count). The van der Waals surface area contributed by atoms with Crippen LogP contribution in [0.3, 0.4) is 0 Å². The molecule has 1 fully saturated rings. The molecule has 176 valence electrons. The Morgan fingerprint density at radius 1 is 1.21 bits per heavy atom. The average molecular weight is 454 g/mol. The number of alkyl carbamates (subject to hydrolysis) is 1. The molecule has 1 heterocycles. The Hall–Kier alpha value is -3.34. The zero-order chi connectivity index (χ0) is 24.0. The summed E-state index contributed by atoms with van der Waals surface area (Å²) in [4.78, 5) is 16.7. The summed E-state index contributed by atoms with van der Waals surface area (Å²) < 4.78 is 20.2. The third kappa shape index (κ3) is 6.82. The molecule has 1 aromatic heterocycles. The standard InChI is InChI=1S/C25H32FN5O2/c1-5-16-9-8-10-18(13-16)28-22-17(15-27)14-19(26)23(31-22)29-20-11-6-7-12-21(20)30-24(32)33-25(2,3)4/h8-10,13-14,20-21H,5-7,11-12H2,1-4H3,(H,30,32)(H2,28,29,31)/t20-,21+/m1/s1. The molecule has 2 atom stereocenters. The van der Waals surface area contributed by atoms with Crippen molar-refractivity contribution < 1.29 is 13.9 Å². The first kappa shape index (κ1) is 24.3. The van der Waals surface area contributed by atoms with Crippen LogP contribution in [-0.4, -0.2) is 28.8 Å². The minimum absolute atomic E-state index is 0.0473. The lowest BCUT2D eigenvalue weighted by Crippen LogP contribution is -2.50. The van der Waals surface area contributed by atoms with Crippen molar-refractivity contribution in [3.63, 3.8) is 0 Å². The second-order valence-electron chi connectivity index (χ2n) is 9.29. The van der Waals surface area contributed by atoms with Gasteiger partial charge in [0.05, 0.1) is 11.6 Å². The molecule has 0 aliphatic heterocycles. The predicted molar refractivity (Wildman–Crippen MR) is 127 cm³/mol. The van der Waals surface area contributed by atoms with Crippen molar-refractivity contribution in [3.05, 3.63) is 47.3 Å². The minimum atomic E-state index is -0.610. The Labute approximate surface area is 194 Å². The second kappa shape index (κ2) is 10.5. The van der Waals surface area contributed by atoms with Gasteiger partial charge in [0.2, 0.25) is 0 Å². The third-order valence-corrected chi connectivity index (χ3v) is 5.48. The number of nitrogens with one attached hydrogen (secondary N) is 3. The summed E-state index contributed by atoms with van der Waals surface area (Å²) in [5.74, 6) is -0.283. The number of halogens is 1. The number of nitrogens with zero attached hydrogens (tertiary/aromatic N) is 2. The largest absolute Gasteiger partial charge is 0.444 e. The van der Waals surface area contributed by atoms with E-state index in [0.717, 1.165) is 43.4 Å². The maximum absolute atomic E-state index is 14.8. The number of carbonyl (C=O) groups excluding carboxylic acids is 1. The maximum atomic E-state index is 14.8. The van der Waals surface area contributed by atoms with Gasteiger partial charge in [-0.3, -0.25) is 0 Å². The van der Waals surface area contributed by atoms with Gasteiger partial charge in [0.25, 0.3) is 0 Å². The molecule has 1 aliphatic carbocycles. The van der Waals surface area contributed by atoms with Crippen molar-refractivity contribution in [2.45, 2.75) is 77.5 Å². The van der Waals surface area contributed by atoms with Crippen LogP contribution in [0.25, 0.3) is 0 Å². The van der Waals surface area contributed by atoms with Crippen LogP contribution in [0.4, 0.5) is 26.5 Å². The fourth-order valence-electron chi connectivity index (χ4n) is 3.89. The Balaban J connectivity index is 1.80. The highest BCUT2D eigenvalue weighted by atomic mass is 19.1. The van der Waals surface area contributed by atoms with E-state index >= 15 is 0 Å². The summed E-state index contributed by atoms with van der Waals surface area (Å²) in [6, 6.07) is 10.5. The molecular formula is C25H32FN5O2. The lowest BCUT2D eigenvalue weighted by molar-refractivity contribution is 0.0488. The van der Waals surface area contributed by atoms with E-state index in [0.29, 0.717) is 0 Å². The zero-order valence-corrected chi connectivity index (χ0v) is 19.7. The summed E-state index contributed by atoms with van der Waals surface area (Å²) in [7, 11) is 0. The Morgan fingerprint density at radius 3 is 2.61 bits per heavy atom. The summed E-state index contributed by atoms with van der Waals surface area (Å²) in [5.41, 5.74) is 1.43. The fraction of sp³-hybridized carbons (Fsp3) is 0.480. The van der Waals surface area contributed by atoms with E-state index in [1.54, 1.807) is 0 Å². The van der Waals surface area contributed by atoms with Gasteiger partial charge in [-0.25, -0.2) is 14.2 Å². The molecule has 2 aromatic rings. The van der Waals surface area contributed by atoms with Crippen LogP contribution < -0.4 is 16.0 Å². The minimum Gasteiger partial charge on any atom is -0.444 e. The van der Waals surface area contributed by atoms with Crippen molar-refractivity contribution in [2.75, 3.05) is 10.6 Å². The van der Waals surface area contributed by atoms with Gasteiger partial charge in [-0.1, -0.05) is 31.9 Å². The highest BCUT2D eigenvalue weighted by Gasteiger charge is 2.29. The van der Waals surface area contributed by atoms with Crippen molar-refractivity contribution >= 4 is 23.4 Å². The molecule has 0 spiro atoms. The maximum Gasteiger partial charge on any atom is 0.407 e. The molecule has 1 amide bonds. The lowest BCUT2D eigenvalue weighted by Gasteiger charge is -2.33. The fourth-order valence-corrected chi connectivity index (χ4v) is 3.89. The zero-order valence-electron chi connectivity index (χ0n) is 19.7. The SMILES string of the molecule is CCc1cccc(Nc2nc(N[C@@H]3CCCC[C@@H]3NC(=O)OC(C)(C)C)c(F)cc2C#N)c1. The first-order chi connectivity index (χ1) is 15.7. The smallest absolute Gasteiger partial charge is 0.407 e. The van der Waals surface area contributed by atoms with E-state index in [1.165, 1.54) is 6.07 Å². The number of anilines is 3. The van der Waals surface area contributed by atoms with Crippen molar-refractivity contribution in [2.24, 2.45) is 0 Å². The number of aryl methyl sites for hydroxylation is 1. The normalized spacial score (nSPS) is 18.2. The van der Waals surface area contributed by atoms with Gasteiger partial charge in [-0.05, 0) is 63.8 Å². The molecule has 0 radical (unpaired) electrons. The molecule has 8 heteroatoms. The van der Waals surface area contributed by atoms with E-state index in [-0.39, 0.29) is 29.3 Å². The molecule has 0 bridgehead atoms. The van der Waals surface area contributed by atoms with Gasteiger partial charge in [0.1, 0.15) is 11.7 Å². The van der Waals surface area contributed by atoms with Crippen LogP contribution in [0.2, 0.25) is 0 Å². The quantitative estimate of drug-likeness (QED) is 0.523. The van der Waals surface area contributed by atoms with Crippen LogP contribution in [0, 0.1) is 17.1 Å². The topological polar surface area (TPSA) is 99.1 Å². The van der Waals surface area contributed by atoms with Gasteiger partial charge in [-0.2, -0.15) is 5.26 Å². The molecule has 1 aliphatic rings. The van der Waals surface area contributed by atoms with Crippen LogP contribution >= 0.6 is 0 Å². The van der Waals surface area contributed by atoms with Crippen LogP contribution in [-0.2, 0) is 11.2 Å². The first-order valence-electron chi connectivity index (χ1n) is 11.4. The molecule has 1 saturated carbocycles. The van der Waals surface area contributed by atoms with E-state index in [4.69, 9.17) is 4.74 Å². The summed E-state index contributed by atoms with van der Waals surface area (Å²) >= 11 is 0. The number of hydrogen-bond donors (Lipinski definition) is 3. The number of pyridine rings is 1. The first-order valence-corrected chi connectivity index (χ1v) is 11.4. The number of carbonyl (C=O) groups is 1. The van der Waals surface area contributed by atoms with Gasteiger partial charge in [0.15, 0.2) is 17.5 Å². The number of aromatic nitrogens is 1. The summed E-state index contributed by atoms with van der Waals surface area (Å²) in [5, 5.41) is 18.7. The molecule has 0 unspecified atom stereocenters. The number of benzene rings is 1. The molecule has 0 saturated heterocycles. The number of ether oxygens (including phenoxy) is 1. The molecular weight excluding hydrogens is 421 g/mol. The predicted octanol–water partition coefficient (Wildman–Crippen LogP) is 5.65. The van der Waals surface area contributed by atoms with Gasteiger partial charge in [-0.15, -0.1) is 0 Å². The van der Waals surface area contributed by atoms with E-state index in [2.05, 4.69) is 27.9 Å². The van der Waals surface area contributed by atoms with Gasteiger partial charge < -0.3 is 20.7 Å². The molecule has 33 heavy (non-hydrogen) atoms. The lowest BCUT2D eigenvalue weighted by atomic mass is 9.90. The number of rotatable bonds is 6. The van der Waals surface area contributed by atoms with E-state index in [9.17, 15) is 14.4 Å². The van der Waals surface area contributed by atoms with Crippen molar-refractivity contribution in [1.82, 2.24) is 10.3 Å². The summed E-state index contributed by atoms with van der Waals surface area (Å²) in [6.07, 6.45) is 3.80. The third-order valence-electron chi connectivity index (χ3n) is 5.48. The highest BCUT2D eigenvalue weighted by molar-refractivity contribution is 5.68. The molecule has 7 nitrogen and oxygen atoms in total. The van der Waals surface area contributed by atoms with Crippen molar-refractivity contribution in [3.8, 4) is 6.07 Å². The monoisotopic (exact) mass is 453 g/mol. The van der Waals surface area contributed by atoms with Gasteiger partial charge >= 0.3 is 6.09 Å².